The molecule has 2 aromatic rings. The van der Waals surface area contributed by atoms with Gasteiger partial charge in [0.1, 0.15) is 5.82 Å². The number of nitrogens with one attached hydrogen (secondary N) is 1. The van der Waals surface area contributed by atoms with Crippen LogP contribution in [0.5, 0.6) is 5.75 Å². The van der Waals surface area contributed by atoms with Gasteiger partial charge in [-0.3, -0.25) is 14.9 Å². The lowest BCUT2D eigenvalue weighted by molar-refractivity contribution is -0.385. The van der Waals surface area contributed by atoms with Gasteiger partial charge in [0.15, 0.2) is 5.75 Å². The van der Waals surface area contributed by atoms with Gasteiger partial charge in [0.2, 0.25) is 0 Å². The number of benzene rings is 2. The largest absolute Gasteiger partial charge is 0.490 e. The summed E-state index contributed by atoms with van der Waals surface area (Å²) in [6.07, 6.45) is 0.714. The maximum atomic E-state index is 12.8. The first-order valence-electron chi connectivity index (χ1n) is 7.50. The van der Waals surface area contributed by atoms with Gasteiger partial charge < -0.3 is 10.1 Å². The predicted octanol–water partition coefficient (Wildman–Crippen LogP) is 3.65. The van der Waals surface area contributed by atoms with Crippen LogP contribution in [0.1, 0.15) is 16.8 Å². The quantitative estimate of drug-likeness (QED) is 0.335. The summed E-state index contributed by atoms with van der Waals surface area (Å²) in [6.45, 7) is 0.437. The number of thioether (sulfide) groups is 1. The molecular formula is C17H17FN2O4S. The molecule has 0 bridgehead atoms. The van der Waals surface area contributed by atoms with Gasteiger partial charge in [0.25, 0.3) is 5.91 Å². The summed E-state index contributed by atoms with van der Waals surface area (Å²) in [5, 5.41) is 13.7. The van der Waals surface area contributed by atoms with Crippen LogP contribution in [0.15, 0.2) is 47.4 Å². The molecule has 0 saturated heterocycles. The third-order valence-electron chi connectivity index (χ3n) is 3.33. The second-order valence-corrected chi connectivity index (χ2v) is 6.22. The van der Waals surface area contributed by atoms with Gasteiger partial charge in [-0.05, 0) is 48.6 Å². The second kappa shape index (κ2) is 9.03. The predicted molar refractivity (Wildman–Crippen MR) is 93.7 cm³/mol. The SMILES string of the molecule is COc1ccc(C(=O)NCCCSc2ccc(F)cc2)cc1[N+](=O)[O-]. The van der Waals surface area contributed by atoms with Gasteiger partial charge in [-0.2, -0.15) is 0 Å². The van der Waals surface area contributed by atoms with E-state index in [1.807, 2.05) is 0 Å². The molecule has 0 aromatic heterocycles. The summed E-state index contributed by atoms with van der Waals surface area (Å²) in [7, 11) is 1.33. The zero-order valence-corrected chi connectivity index (χ0v) is 14.3. The molecule has 0 radical (unpaired) electrons. The summed E-state index contributed by atoms with van der Waals surface area (Å²) in [6, 6.07) is 10.3. The Hall–Kier alpha value is -2.61. The van der Waals surface area contributed by atoms with Crippen LogP contribution in [0.3, 0.4) is 0 Å². The van der Waals surface area contributed by atoms with Crippen molar-refractivity contribution in [1.82, 2.24) is 5.32 Å². The van der Waals surface area contributed by atoms with Crippen molar-refractivity contribution in [2.24, 2.45) is 0 Å². The summed E-state index contributed by atoms with van der Waals surface area (Å²) in [5.41, 5.74) is -0.0410. The van der Waals surface area contributed by atoms with E-state index in [2.05, 4.69) is 5.32 Å². The number of rotatable bonds is 8. The van der Waals surface area contributed by atoms with Crippen molar-refractivity contribution in [3.63, 3.8) is 0 Å². The van der Waals surface area contributed by atoms with Crippen molar-refractivity contribution in [3.8, 4) is 5.75 Å². The van der Waals surface area contributed by atoms with E-state index in [4.69, 9.17) is 4.74 Å². The molecule has 0 spiro atoms. The molecule has 1 N–H and O–H groups in total. The van der Waals surface area contributed by atoms with Crippen molar-refractivity contribution < 1.29 is 18.8 Å². The molecule has 0 fully saturated rings. The minimum atomic E-state index is -0.588. The molecule has 2 rings (SSSR count). The number of carbonyl (C=O) groups is 1. The number of halogens is 1. The van der Waals surface area contributed by atoms with Crippen LogP contribution < -0.4 is 10.1 Å². The Morgan fingerprint density at radius 1 is 1.28 bits per heavy atom. The Morgan fingerprint density at radius 2 is 2.00 bits per heavy atom. The third-order valence-corrected chi connectivity index (χ3v) is 4.43. The first kappa shape index (κ1) is 18.7. The lowest BCUT2D eigenvalue weighted by Crippen LogP contribution is -2.24. The number of nitrogens with zero attached hydrogens (tertiary/aromatic N) is 1. The fourth-order valence-electron chi connectivity index (χ4n) is 2.07. The zero-order chi connectivity index (χ0) is 18.2. The average Bonchev–Trinajstić information content (AvgIpc) is 2.62. The fourth-order valence-corrected chi connectivity index (χ4v) is 2.92. The molecule has 0 aliphatic carbocycles. The summed E-state index contributed by atoms with van der Waals surface area (Å²) < 4.78 is 17.7. The van der Waals surface area contributed by atoms with Gasteiger partial charge in [0.05, 0.1) is 12.0 Å². The molecule has 8 heteroatoms. The maximum Gasteiger partial charge on any atom is 0.311 e. The second-order valence-electron chi connectivity index (χ2n) is 5.06. The highest BCUT2D eigenvalue weighted by molar-refractivity contribution is 7.99. The van der Waals surface area contributed by atoms with Crippen molar-refractivity contribution in [2.75, 3.05) is 19.4 Å². The van der Waals surface area contributed by atoms with E-state index in [0.29, 0.717) is 13.0 Å². The first-order valence-corrected chi connectivity index (χ1v) is 8.49. The van der Waals surface area contributed by atoms with Crippen LogP contribution >= 0.6 is 11.8 Å². The standard InChI is InChI=1S/C17H17FN2O4S/c1-24-16-8-3-12(11-15(16)20(22)23)17(21)19-9-2-10-25-14-6-4-13(18)5-7-14/h3-8,11H,2,9-10H2,1H3,(H,19,21). The van der Waals surface area contributed by atoms with Crippen LogP contribution in [0.25, 0.3) is 0 Å². The van der Waals surface area contributed by atoms with E-state index in [1.165, 1.54) is 37.4 Å². The molecule has 0 heterocycles. The van der Waals surface area contributed by atoms with E-state index in [-0.39, 0.29) is 28.7 Å². The Kier molecular flexibility index (Phi) is 6.76. The molecule has 25 heavy (non-hydrogen) atoms. The molecule has 0 aliphatic heterocycles. The van der Waals surface area contributed by atoms with E-state index in [0.717, 1.165) is 10.6 Å². The topological polar surface area (TPSA) is 81.5 Å². The molecule has 0 saturated carbocycles. The number of ether oxygens (including phenoxy) is 1. The molecule has 6 nitrogen and oxygen atoms in total. The van der Waals surface area contributed by atoms with Crippen LogP contribution in [0.2, 0.25) is 0 Å². The summed E-state index contributed by atoms with van der Waals surface area (Å²) in [4.78, 5) is 23.4. The van der Waals surface area contributed by atoms with Crippen molar-refractivity contribution in [1.29, 1.82) is 0 Å². The lowest BCUT2D eigenvalue weighted by Gasteiger charge is -2.07. The monoisotopic (exact) mass is 364 g/mol. The van der Waals surface area contributed by atoms with Crippen LogP contribution in [0, 0.1) is 15.9 Å². The number of hydrogen-bond acceptors (Lipinski definition) is 5. The first-order chi connectivity index (χ1) is 12.0. The third kappa shape index (κ3) is 5.46. The van der Waals surface area contributed by atoms with Gasteiger partial charge in [0, 0.05) is 23.1 Å². The molecular weight excluding hydrogens is 347 g/mol. The van der Waals surface area contributed by atoms with Crippen LogP contribution in [-0.2, 0) is 0 Å². The Morgan fingerprint density at radius 3 is 2.64 bits per heavy atom. The van der Waals surface area contributed by atoms with Gasteiger partial charge in [-0.1, -0.05) is 0 Å². The van der Waals surface area contributed by atoms with E-state index >= 15 is 0 Å². The number of carbonyl (C=O) groups excluding carboxylic acids is 1. The Balaban J connectivity index is 1.81. The minimum absolute atomic E-state index is 0.109. The van der Waals surface area contributed by atoms with Gasteiger partial charge in [-0.25, -0.2) is 4.39 Å². The van der Waals surface area contributed by atoms with E-state index in [1.54, 1.807) is 23.9 Å². The van der Waals surface area contributed by atoms with Gasteiger partial charge >= 0.3 is 5.69 Å². The Labute approximate surface area is 148 Å². The highest BCUT2D eigenvalue weighted by atomic mass is 32.2. The van der Waals surface area contributed by atoms with E-state index < -0.39 is 4.92 Å². The molecule has 132 valence electrons. The molecule has 0 atom stereocenters. The van der Waals surface area contributed by atoms with Crippen LogP contribution in [0.4, 0.5) is 10.1 Å². The van der Waals surface area contributed by atoms with Crippen molar-refractivity contribution >= 4 is 23.4 Å². The highest BCUT2D eigenvalue weighted by Crippen LogP contribution is 2.27. The summed E-state index contributed by atoms with van der Waals surface area (Å²) in [5.74, 6) is 0.217. The zero-order valence-electron chi connectivity index (χ0n) is 13.5. The van der Waals surface area contributed by atoms with Crippen molar-refractivity contribution in [3.05, 3.63) is 64.0 Å². The number of amides is 1. The normalized spacial score (nSPS) is 10.3. The van der Waals surface area contributed by atoms with E-state index in [9.17, 15) is 19.3 Å². The van der Waals surface area contributed by atoms with Crippen LogP contribution in [-0.4, -0.2) is 30.2 Å². The molecule has 2 aromatic carbocycles. The lowest BCUT2D eigenvalue weighted by atomic mass is 10.1. The molecule has 0 aliphatic rings. The fraction of sp³-hybridized carbons (Fsp3) is 0.235. The summed E-state index contributed by atoms with van der Waals surface area (Å²) >= 11 is 1.56. The smallest absolute Gasteiger partial charge is 0.311 e. The van der Waals surface area contributed by atoms with Crippen molar-refractivity contribution in [2.45, 2.75) is 11.3 Å². The molecule has 0 unspecified atom stereocenters. The number of nitro benzene ring substituents is 1. The number of methoxy groups -OCH3 is 1. The Bertz CT molecular complexity index is 753. The molecule has 1 amide bonds. The minimum Gasteiger partial charge on any atom is -0.490 e. The average molecular weight is 364 g/mol. The highest BCUT2D eigenvalue weighted by Gasteiger charge is 2.17. The van der Waals surface area contributed by atoms with Gasteiger partial charge in [-0.15, -0.1) is 11.8 Å². The maximum absolute atomic E-state index is 12.8. The number of hydrogen-bond donors (Lipinski definition) is 1. The number of nitro groups is 1.